The number of anilines is 1. The number of nitrogens with one attached hydrogen (secondary N) is 1. The zero-order valence-electron chi connectivity index (χ0n) is 22.9. The van der Waals surface area contributed by atoms with Crippen molar-refractivity contribution in [3.8, 4) is 0 Å². The number of carbonyl (C=O) groups excluding carboxylic acids is 2. The van der Waals surface area contributed by atoms with Crippen molar-refractivity contribution in [3.05, 3.63) is 94.8 Å². The maximum atomic E-state index is 15.0. The molecule has 10 heteroatoms. The van der Waals surface area contributed by atoms with Gasteiger partial charge in [-0.25, -0.2) is 12.8 Å². The second kappa shape index (κ2) is 14.3. The van der Waals surface area contributed by atoms with Crippen molar-refractivity contribution in [1.82, 2.24) is 10.2 Å². The van der Waals surface area contributed by atoms with E-state index in [4.69, 9.17) is 11.6 Å². The Hall–Kier alpha value is -3.43. The van der Waals surface area contributed by atoms with Gasteiger partial charge in [0.2, 0.25) is 11.8 Å². The normalized spacial score (nSPS) is 12.0. The Morgan fingerprint density at radius 3 is 2.23 bits per heavy atom. The number of aryl methyl sites for hydroxylation is 1. The first-order valence-electron chi connectivity index (χ1n) is 13.2. The third-order valence-corrected chi connectivity index (χ3v) is 8.52. The van der Waals surface area contributed by atoms with Crippen molar-refractivity contribution in [2.75, 3.05) is 17.4 Å². The summed E-state index contributed by atoms with van der Waals surface area (Å²) in [5.74, 6) is -1.77. The van der Waals surface area contributed by atoms with Crippen LogP contribution in [0.5, 0.6) is 0 Å². The van der Waals surface area contributed by atoms with E-state index in [2.05, 4.69) is 5.32 Å². The lowest BCUT2D eigenvalue weighted by Crippen LogP contribution is -2.52. The molecule has 3 rings (SSSR count). The van der Waals surface area contributed by atoms with Gasteiger partial charge in [-0.3, -0.25) is 13.9 Å². The Labute approximate surface area is 241 Å². The molecule has 3 aromatic rings. The molecular weight excluding hydrogens is 553 g/mol. The lowest BCUT2D eigenvalue weighted by atomic mass is 10.1. The standard InChI is InChI=1S/C30H35ClFN3O4S/c1-4-6-19-33-30(37)27(5-2)34(20-23-13-15-24(31)16-14-23)29(36)21-35(28-10-8-7-9-26(28)32)40(38,39)25-17-11-22(3)12-18-25/h7-18,27H,4-6,19-21H2,1-3H3,(H,33,37). The maximum Gasteiger partial charge on any atom is 0.264 e. The van der Waals surface area contributed by atoms with E-state index in [-0.39, 0.29) is 23.0 Å². The van der Waals surface area contributed by atoms with Gasteiger partial charge in [0.05, 0.1) is 10.6 Å². The van der Waals surface area contributed by atoms with Crippen LogP contribution in [0.15, 0.2) is 77.7 Å². The molecule has 0 saturated heterocycles. The average Bonchev–Trinajstić information content (AvgIpc) is 2.93. The Kier molecular flexibility index (Phi) is 11.1. The number of benzene rings is 3. The topological polar surface area (TPSA) is 86.8 Å². The van der Waals surface area contributed by atoms with E-state index in [0.29, 0.717) is 23.6 Å². The first-order chi connectivity index (χ1) is 19.1. The van der Waals surface area contributed by atoms with Crippen LogP contribution in [0, 0.1) is 12.7 Å². The van der Waals surface area contributed by atoms with Crippen LogP contribution in [0.25, 0.3) is 0 Å². The lowest BCUT2D eigenvalue weighted by molar-refractivity contribution is -0.140. The number of para-hydroxylation sites is 1. The van der Waals surface area contributed by atoms with Crippen LogP contribution < -0.4 is 9.62 Å². The maximum absolute atomic E-state index is 15.0. The van der Waals surface area contributed by atoms with Gasteiger partial charge in [-0.2, -0.15) is 0 Å². The minimum absolute atomic E-state index is 0.0331. The van der Waals surface area contributed by atoms with Crippen LogP contribution in [0.1, 0.15) is 44.2 Å². The minimum atomic E-state index is -4.34. The van der Waals surface area contributed by atoms with Gasteiger partial charge in [0.1, 0.15) is 18.4 Å². The molecule has 0 aromatic heterocycles. The number of hydrogen-bond donors (Lipinski definition) is 1. The van der Waals surface area contributed by atoms with Crippen molar-refractivity contribution >= 4 is 39.1 Å². The number of rotatable bonds is 13. The van der Waals surface area contributed by atoms with Gasteiger partial charge in [-0.15, -0.1) is 0 Å². The van der Waals surface area contributed by atoms with Gasteiger partial charge >= 0.3 is 0 Å². The molecule has 0 heterocycles. The van der Waals surface area contributed by atoms with E-state index in [9.17, 15) is 18.0 Å². The van der Waals surface area contributed by atoms with Crippen LogP contribution in [-0.4, -0.2) is 44.3 Å². The molecule has 0 spiro atoms. The summed E-state index contributed by atoms with van der Waals surface area (Å²) in [6.07, 6.45) is 1.96. The quantitative estimate of drug-likeness (QED) is 0.260. The van der Waals surface area contributed by atoms with E-state index in [1.807, 2.05) is 13.8 Å². The molecule has 3 aromatic carbocycles. The Bertz CT molecular complexity index is 1400. The van der Waals surface area contributed by atoms with Crippen LogP contribution in [0.3, 0.4) is 0 Å². The summed E-state index contributed by atoms with van der Waals surface area (Å²) in [6, 6.07) is 17.5. The molecule has 0 aliphatic rings. The van der Waals surface area contributed by atoms with Gasteiger partial charge in [0.25, 0.3) is 10.0 Å². The minimum Gasteiger partial charge on any atom is -0.354 e. The molecule has 1 unspecified atom stereocenters. The number of nitrogens with zero attached hydrogens (tertiary/aromatic N) is 2. The fourth-order valence-electron chi connectivity index (χ4n) is 4.22. The Balaban J connectivity index is 2.04. The summed E-state index contributed by atoms with van der Waals surface area (Å²) in [5, 5.41) is 3.39. The zero-order chi connectivity index (χ0) is 29.3. The van der Waals surface area contributed by atoms with E-state index >= 15 is 4.39 Å². The predicted molar refractivity (Wildman–Crippen MR) is 156 cm³/mol. The van der Waals surface area contributed by atoms with Crippen molar-refractivity contribution in [2.24, 2.45) is 0 Å². The Morgan fingerprint density at radius 2 is 1.62 bits per heavy atom. The van der Waals surface area contributed by atoms with Gasteiger partial charge in [0.15, 0.2) is 0 Å². The third kappa shape index (κ3) is 7.82. The molecule has 0 bridgehead atoms. The highest BCUT2D eigenvalue weighted by atomic mass is 35.5. The summed E-state index contributed by atoms with van der Waals surface area (Å²) >= 11 is 6.04. The summed E-state index contributed by atoms with van der Waals surface area (Å²) in [7, 11) is -4.34. The molecule has 1 atom stereocenters. The first kappa shape index (κ1) is 31.1. The molecule has 7 nitrogen and oxygen atoms in total. The van der Waals surface area contributed by atoms with Crippen molar-refractivity contribution in [1.29, 1.82) is 0 Å². The second-order valence-corrected chi connectivity index (χ2v) is 11.8. The lowest BCUT2D eigenvalue weighted by Gasteiger charge is -2.33. The third-order valence-electron chi connectivity index (χ3n) is 6.49. The van der Waals surface area contributed by atoms with Crippen molar-refractivity contribution in [3.63, 3.8) is 0 Å². The van der Waals surface area contributed by atoms with Crippen molar-refractivity contribution < 1.29 is 22.4 Å². The predicted octanol–water partition coefficient (Wildman–Crippen LogP) is 5.71. The molecule has 0 saturated carbocycles. The van der Waals surface area contributed by atoms with Crippen LogP contribution >= 0.6 is 11.6 Å². The molecule has 0 aliphatic heterocycles. The summed E-state index contributed by atoms with van der Waals surface area (Å²) in [6.45, 7) is 5.39. The number of halogens is 2. The van der Waals surface area contributed by atoms with Gasteiger partial charge in [0, 0.05) is 18.1 Å². The number of amides is 2. The smallest absolute Gasteiger partial charge is 0.264 e. The first-order valence-corrected chi connectivity index (χ1v) is 15.1. The summed E-state index contributed by atoms with van der Waals surface area (Å²) in [4.78, 5) is 28.4. The molecule has 0 aliphatic carbocycles. The molecule has 2 amide bonds. The summed E-state index contributed by atoms with van der Waals surface area (Å²) < 4.78 is 43.4. The molecular formula is C30H35ClFN3O4S. The number of unbranched alkanes of at least 4 members (excludes halogenated alkanes) is 1. The van der Waals surface area contributed by atoms with Crippen LogP contribution in [0.4, 0.5) is 10.1 Å². The zero-order valence-corrected chi connectivity index (χ0v) is 24.5. The highest BCUT2D eigenvalue weighted by Gasteiger charge is 2.34. The van der Waals surface area contributed by atoms with E-state index < -0.39 is 34.3 Å². The van der Waals surface area contributed by atoms with Gasteiger partial charge < -0.3 is 10.2 Å². The van der Waals surface area contributed by atoms with E-state index in [0.717, 1.165) is 28.8 Å². The van der Waals surface area contributed by atoms with Gasteiger partial charge in [-0.05, 0) is 61.7 Å². The van der Waals surface area contributed by atoms with Gasteiger partial charge in [-0.1, -0.05) is 73.8 Å². The molecule has 0 radical (unpaired) electrons. The molecule has 1 N–H and O–H groups in total. The fraction of sp³-hybridized carbons (Fsp3) is 0.333. The second-order valence-electron chi connectivity index (χ2n) is 9.49. The number of hydrogen-bond acceptors (Lipinski definition) is 4. The molecule has 40 heavy (non-hydrogen) atoms. The summed E-state index contributed by atoms with van der Waals surface area (Å²) in [5.41, 5.74) is 1.29. The fourth-order valence-corrected chi connectivity index (χ4v) is 5.76. The number of carbonyl (C=O) groups is 2. The van der Waals surface area contributed by atoms with Crippen molar-refractivity contribution in [2.45, 2.75) is 57.5 Å². The monoisotopic (exact) mass is 587 g/mol. The van der Waals surface area contributed by atoms with Crippen LogP contribution in [-0.2, 0) is 26.2 Å². The van der Waals surface area contributed by atoms with E-state index in [1.165, 1.54) is 35.2 Å². The highest BCUT2D eigenvalue weighted by molar-refractivity contribution is 7.92. The molecule has 214 valence electrons. The number of sulfonamides is 1. The highest BCUT2D eigenvalue weighted by Crippen LogP contribution is 2.27. The SMILES string of the molecule is CCCCNC(=O)C(CC)N(Cc1ccc(Cl)cc1)C(=O)CN(c1ccccc1F)S(=O)(=O)c1ccc(C)cc1. The Morgan fingerprint density at radius 1 is 0.975 bits per heavy atom. The molecule has 0 fully saturated rings. The largest absolute Gasteiger partial charge is 0.354 e. The van der Waals surface area contributed by atoms with Crippen LogP contribution in [0.2, 0.25) is 5.02 Å². The van der Waals surface area contributed by atoms with E-state index in [1.54, 1.807) is 43.3 Å². The average molecular weight is 588 g/mol.